The van der Waals surface area contributed by atoms with Gasteiger partial charge in [-0.1, -0.05) is 29.0 Å². The molecule has 1 aromatic heterocycles. The van der Waals surface area contributed by atoms with Crippen LogP contribution in [0.25, 0.3) is 10.2 Å². The van der Waals surface area contributed by atoms with Crippen molar-refractivity contribution in [3.05, 3.63) is 32.4 Å². The van der Waals surface area contributed by atoms with E-state index in [-0.39, 0.29) is 4.87 Å². The van der Waals surface area contributed by atoms with Crippen LogP contribution in [0.5, 0.6) is 0 Å². The molecule has 2 rings (SSSR count). The molecule has 0 aliphatic heterocycles. The highest BCUT2D eigenvalue weighted by Gasteiger charge is 2.09. The molecule has 0 atom stereocenters. The lowest BCUT2D eigenvalue weighted by molar-refractivity contribution is 0.938. The first-order valence-corrected chi connectivity index (χ1v) is 5.05. The SMILES string of the molecule is Cc1ccc(Cl)c2c1sc(=O)n2C. The molecule has 0 radical (unpaired) electrons. The Morgan fingerprint density at radius 1 is 1.46 bits per heavy atom. The summed E-state index contributed by atoms with van der Waals surface area (Å²) in [6.45, 7) is 1.98. The Kier molecular flexibility index (Phi) is 1.93. The van der Waals surface area contributed by atoms with Gasteiger partial charge in [0.05, 0.1) is 15.2 Å². The van der Waals surface area contributed by atoms with Gasteiger partial charge in [-0.25, -0.2) is 0 Å². The van der Waals surface area contributed by atoms with E-state index in [9.17, 15) is 4.79 Å². The van der Waals surface area contributed by atoms with Gasteiger partial charge in [0.15, 0.2) is 0 Å². The Morgan fingerprint density at radius 3 is 2.77 bits per heavy atom. The predicted octanol–water partition coefficient (Wildman–Crippen LogP) is 2.56. The minimum Gasteiger partial charge on any atom is -0.300 e. The highest BCUT2D eigenvalue weighted by molar-refractivity contribution is 7.16. The van der Waals surface area contributed by atoms with Crippen LogP contribution in [0.15, 0.2) is 16.9 Å². The fraction of sp³-hybridized carbons (Fsp3) is 0.222. The first-order valence-electron chi connectivity index (χ1n) is 3.86. The average Bonchev–Trinajstić information content (AvgIpc) is 2.38. The van der Waals surface area contributed by atoms with Crippen LogP contribution in [-0.4, -0.2) is 4.57 Å². The van der Waals surface area contributed by atoms with Crippen molar-refractivity contribution < 1.29 is 0 Å². The molecule has 0 fully saturated rings. The van der Waals surface area contributed by atoms with Gasteiger partial charge < -0.3 is 4.57 Å². The number of nitrogens with zero attached hydrogens (tertiary/aromatic N) is 1. The fourth-order valence-corrected chi connectivity index (χ4v) is 2.65. The number of hydrogen-bond acceptors (Lipinski definition) is 2. The highest BCUT2D eigenvalue weighted by Crippen LogP contribution is 2.27. The number of hydrogen-bond donors (Lipinski definition) is 0. The van der Waals surface area contributed by atoms with E-state index < -0.39 is 0 Å². The Bertz CT molecular complexity index is 526. The van der Waals surface area contributed by atoms with Crippen molar-refractivity contribution >= 4 is 33.2 Å². The molecular weight excluding hydrogens is 206 g/mol. The van der Waals surface area contributed by atoms with Gasteiger partial charge in [-0.15, -0.1) is 0 Å². The maximum atomic E-state index is 11.4. The molecule has 4 heteroatoms. The number of aryl methyl sites for hydroxylation is 2. The van der Waals surface area contributed by atoms with E-state index in [1.807, 2.05) is 19.1 Å². The molecule has 2 nitrogen and oxygen atoms in total. The van der Waals surface area contributed by atoms with Crippen LogP contribution in [0.2, 0.25) is 5.02 Å². The van der Waals surface area contributed by atoms with Gasteiger partial charge in [-0.2, -0.15) is 0 Å². The lowest BCUT2D eigenvalue weighted by Gasteiger charge is -1.99. The zero-order valence-corrected chi connectivity index (χ0v) is 8.87. The van der Waals surface area contributed by atoms with Crippen LogP contribution in [0.3, 0.4) is 0 Å². The van der Waals surface area contributed by atoms with Crippen molar-refractivity contribution in [2.45, 2.75) is 6.92 Å². The fourth-order valence-electron chi connectivity index (χ4n) is 1.34. The quantitative estimate of drug-likeness (QED) is 0.659. The second kappa shape index (κ2) is 2.86. The molecule has 0 spiro atoms. The summed E-state index contributed by atoms with van der Waals surface area (Å²) < 4.78 is 2.58. The third kappa shape index (κ3) is 1.19. The number of aromatic nitrogens is 1. The molecule has 0 saturated heterocycles. The van der Waals surface area contributed by atoms with Gasteiger partial charge in [0, 0.05) is 7.05 Å². The Balaban J connectivity index is 3.09. The molecule has 1 heterocycles. The summed E-state index contributed by atoms with van der Waals surface area (Å²) in [6, 6.07) is 3.76. The first-order chi connectivity index (χ1) is 6.11. The van der Waals surface area contributed by atoms with Gasteiger partial charge in [0.2, 0.25) is 0 Å². The van der Waals surface area contributed by atoms with Gasteiger partial charge in [-0.3, -0.25) is 4.79 Å². The lowest BCUT2D eigenvalue weighted by Crippen LogP contribution is -2.06. The summed E-state index contributed by atoms with van der Waals surface area (Å²) in [7, 11) is 1.74. The zero-order valence-electron chi connectivity index (χ0n) is 7.30. The predicted molar refractivity (Wildman–Crippen MR) is 56.8 cm³/mol. The highest BCUT2D eigenvalue weighted by atomic mass is 35.5. The lowest BCUT2D eigenvalue weighted by atomic mass is 10.2. The van der Waals surface area contributed by atoms with Gasteiger partial charge in [-0.05, 0) is 18.6 Å². The summed E-state index contributed by atoms with van der Waals surface area (Å²) in [5, 5.41) is 0.640. The molecular formula is C9H8ClNOS. The minimum absolute atomic E-state index is 0.0335. The normalized spacial score (nSPS) is 11.0. The first kappa shape index (κ1) is 8.78. The van der Waals surface area contributed by atoms with Crippen LogP contribution in [0.1, 0.15) is 5.56 Å². The number of halogens is 1. The summed E-state index contributed by atoms with van der Waals surface area (Å²) in [4.78, 5) is 11.4. The summed E-state index contributed by atoms with van der Waals surface area (Å²) in [5.74, 6) is 0. The molecule has 13 heavy (non-hydrogen) atoms. The van der Waals surface area contributed by atoms with Crippen LogP contribution in [0.4, 0.5) is 0 Å². The third-order valence-electron chi connectivity index (χ3n) is 2.08. The molecule has 0 bridgehead atoms. The van der Waals surface area contributed by atoms with Gasteiger partial charge in [0.1, 0.15) is 0 Å². The second-order valence-corrected chi connectivity index (χ2v) is 4.34. The molecule has 0 N–H and O–H groups in total. The maximum Gasteiger partial charge on any atom is 0.307 e. The second-order valence-electron chi connectivity index (χ2n) is 2.97. The Labute approximate surface area is 84.4 Å². The van der Waals surface area contributed by atoms with Crippen molar-refractivity contribution in [1.29, 1.82) is 0 Å². The van der Waals surface area contributed by atoms with Crippen molar-refractivity contribution in [1.82, 2.24) is 4.57 Å². The van der Waals surface area contributed by atoms with Gasteiger partial charge >= 0.3 is 4.87 Å². The summed E-state index contributed by atoms with van der Waals surface area (Å²) in [6.07, 6.45) is 0. The number of rotatable bonds is 0. The van der Waals surface area contributed by atoms with Crippen LogP contribution in [-0.2, 0) is 7.05 Å². The number of thiazole rings is 1. The molecule has 68 valence electrons. The minimum atomic E-state index is 0.0335. The average molecular weight is 214 g/mol. The standard InChI is InChI=1S/C9H8ClNOS/c1-5-3-4-6(10)7-8(5)13-9(12)11(7)2/h3-4H,1-2H3. The molecule has 0 amide bonds. The van der Waals surface area contributed by atoms with E-state index >= 15 is 0 Å². The van der Waals surface area contributed by atoms with E-state index in [1.165, 1.54) is 11.3 Å². The maximum absolute atomic E-state index is 11.4. The largest absolute Gasteiger partial charge is 0.307 e. The van der Waals surface area contributed by atoms with Crippen LogP contribution >= 0.6 is 22.9 Å². The molecule has 1 aromatic carbocycles. The molecule has 0 unspecified atom stereocenters. The molecule has 0 saturated carbocycles. The van der Waals surface area contributed by atoms with E-state index in [2.05, 4.69) is 0 Å². The third-order valence-corrected chi connectivity index (χ3v) is 3.55. The monoisotopic (exact) mass is 213 g/mol. The zero-order chi connectivity index (χ0) is 9.59. The van der Waals surface area contributed by atoms with E-state index in [0.29, 0.717) is 5.02 Å². The van der Waals surface area contributed by atoms with E-state index in [0.717, 1.165) is 15.8 Å². The smallest absolute Gasteiger partial charge is 0.300 e. The topological polar surface area (TPSA) is 22.0 Å². The number of fused-ring (bicyclic) bond motifs is 1. The molecule has 0 aliphatic carbocycles. The van der Waals surface area contributed by atoms with Crippen molar-refractivity contribution in [3.8, 4) is 0 Å². The summed E-state index contributed by atoms with van der Waals surface area (Å²) in [5.41, 5.74) is 1.94. The Hall–Kier alpha value is -0.800. The van der Waals surface area contributed by atoms with Crippen molar-refractivity contribution in [2.75, 3.05) is 0 Å². The van der Waals surface area contributed by atoms with Gasteiger partial charge in [0.25, 0.3) is 0 Å². The molecule has 2 aromatic rings. The van der Waals surface area contributed by atoms with E-state index in [1.54, 1.807) is 11.6 Å². The van der Waals surface area contributed by atoms with Crippen LogP contribution in [0, 0.1) is 6.92 Å². The van der Waals surface area contributed by atoms with Crippen molar-refractivity contribution in [3.63, 3.8) is 0 Å². The number of benzene rings is 1. The summed E-state index contributed by atoms with van der Waals surface area (Å²) >= 11 is 7.24. The van der Waals surface area contributed by atoms with Crippen LogP contribution < -0.4 is 4.87 Å². The van der Waals surface area contributed by atoms with Crippen molar-refractivity contribution in [2.24, 2.45) is 7.05 Å². The Morgan fingerprint density at radius 2 is 2.15 bits per heavy atom. The van der Waals surface area contributed by atoms with E-state index in [4.69, 9.17) is 11.6 Å². The molecule has 0 aliphatic rings.